The van der Waals surface area contributed by atoms with Crippen LogP contribution in [0.2, 0.25) is 0 Å². The first-order chi connectivity index (χ1) is 12.7. The summed E-state index contributed by atoms with van der Waals surface area (Å²) in [7, 11) is 0. The maximum atomic E-state index is 10.3. The summed E-state index contributed by atoms with van der Waals surface area (Å²) in [5.74, 6) is 0.0752. The van der Waals surface area contributed by atoms with E-state index in [4.69, 9.17) is 0 Å². The Bertz CT molecular complexity index is 1050. The van der Waals surface area contributed by atoms with Gasteiger partial charge in [0.2, 0.25) is 0 Å². The predicted molar refractivity (Wildman–Crippen MR) is 99.3 cm³/mol. The Morgan fingerprint density at radius 3 is 2.62 bits per heavy atom. The van der Waals surface area contributed by atoms with E-state index in [1.165, 1.54) is 6.07 Å². The van der Waals surface area contributed by atoms with E-state index in [0.717, 1.165) is 22.4 Å². The largest absolute Gasteiger partial charge is 0.508 e. The number of aromatic nitrogens is 4. The van der Waals surface area contributed by atoms with E-state index in [9.17, 15) is 10.2 Å². The molecule has 0 bridgehead atoms. The lowest BCUT2D eigenvalue weighted by atomic mass is 10.00. The number of aromatic amines is 1. The minimum absolute atomic E-state index is 0.0106. The summed E-state index contributed by atoms with van der Waals surface area (Å²) >= 11 is 0. The molecule has 0 atom stereocenters. The normalized spacial score (nSPS) is 11.0. The van der Waals surface area contributed by atoms with Crippen LogP contribution >= 0.6 is 0 Å². The van der Waals surface area contributed by atoms with Crippen LogP contribution < -0.4 is 0 Å². The van der Waals surface area contributed by atoms with Crippen molar-refractivity contribution in [3.8, 4) is 39.6 Å². The van der Waals surface area contributed by atoms with Gasteiger partial charge in [-0.3, -0.25) is 5.10 Å². The smallest absolute Gasteiger partial charge is 0.128 e. The number of hydrogen-bond acceptors (Lipinski definition) is 4. The molecule has 0 spiro atoms. The topological polar surface area (TPSA) is 87.0 Å². The molecule has 0 unspecified atom stereocenters. The summed E-state index contributed by atoms with van der Waals surface area (Å²) in [6.07, 6.45) is 6.12. The molecule has 130 valence electrons. The highest BCUT2D eigenvalue weighted by molar-refractivity contribution is 5.83. The summed E-state index contributed by atoms with van der Waals surface area (Å²) < 4.78 is 1.79. The van der Waals surface area contributed by atoms with Crippen LogP contribution in [0.1, 0.15) is 12.5 Å². The number of para-hydroxylation sites is 1. The van der Waals surface area contributed by atoms with Gasteiger partial charge in [0.1, 0.15) is 17.2 Å². The van der Waals surface area contributed by atoms with Crippen LogP contribution in [0.3, 0.4) is 0 Å². The van der Waals surface area contributed by atoms with Crippen LogP contribution in [0.4, 0.5) is 0 Å². The Morgan fingerprint density at radius 2 is 1.85 bits per heavy atom. The number of nitrogens with zero attached hydrogens (tertiary/aromatic N) is 3. The minimum Gasteiger partial charge on any atom is -0.508 e. The first kappa shape index (κ1) is 16.0. The fourth-order valence-corrected chi connectivity index (χ4v) is 2.99. The van der Waals surface area contributed by atoms with Gasteiger partial charge in [-0.15, -0.1) is 0 Å². The number of aromatic hydroxyl groups is 2. The Labute approximate surface area is 150 Å². The van der Waals surface area contributed by atoms with Crippen molar-refractivity contribution in [1.82, 2.24) is 20.0 Å². The van der Waals surface area contributed by atoms with E-state index in [1.807, 2.05) is 43.5 Å². The molecule has 0 radical (unpaired) electrons. The molecule has 0 aliphatic carbocycles. The fraction of sp³-hybridized carbons (Fsp3) is 0.100. The third-order valence-electron chi connectivity index (χ3n) is 4.39. The van der Waals surface area contributed by atoms with Crippen LogP contribution in [0.5, 0.6) is 11.5 Å². The average Bonchev–Trinajstić information content (AvgIpc) is 3.32. The number of rotatable bonds is 4. The Balaban J connectivity index is 1.78. The van der Waals surface area contributed by atoms with Crippen LogP contribution in [-0.4, -0.2) is 30.2 Å². The number of aryl methyl sites for hydroxylation is 1. The molecule has 2 aromatic heterocycles. The third kappa shape index (κ3) is 2.71. The van der Waals surface area contributed by atoms with Crippen molar-refractivity contribution < 1.29 is 10.2 Å². The molecular formula is C20H18N4O2. The van der Waals surface area contributed by atoms with E-state index in [-0.39, 0.29) is 11.5 Å². The molecule has 3 N–H and O–H groups in total. The summed E-state index contributed by atoms with van der Waals surface area (Å²) in [5, 5.41) is 31.8. The van der Waals surface area contributed by atoms with Gasteiger partial charge in [-0.05, 0) is 30.2 Å². The Kier molecular flexibility index (Phi) is 3.93. The molecule has 0 saturated carbocycles. The van der Waals surface area contributed by atoms with E-state index < -0.39 is 0 Å². The molecule has 0 saturated heterocycles. The average molecular weight is 346 g/mol. The SMILES string of the molecule is CCc1cc(-c2n[nH]cc2-c2cnn(-c3ccccc3)c2)c(O)cc1O. The summed E-state index contributed by atoms with van der Waals surface area (Å²) in [4.78, 5) is 0. The molecule has 0 amide bonds. The predicted octanol–water partition coefficient (Wildman–Crippen LogP) is 3.90. The molecule has 2 aromatic carbocycles. The zero-order valence-corrected chi connectivity index (χ0v) is 14.2. The zero-order valence-electron chi connectivity index (χ0n) is 14.2. The van der Waals surface area contributed by atoms with Crippen LogP contribution in [-0.2, 0) is 6.42 Å². The lowest BCUT2D eigenvalue weighted by Crippen LogP contribution is -1.92. The highest BCUT2D eigenvalue weighted by atomic mass is 16.3. The second kappa shape index (κ2) is 6.40. The summed E-state index contributed by atoms with van der Waals surface area (Å²) in [6.45, 7) is 1.95. The van der Waals surface area contributed by atoms with Gasteiger partial charge in [-0.25, -0.2) is 4.68 Å². The number of benzene rings is 2. The van der Waals surface area contributed by atoms with Gasteiger partial charge >= 0.3 is 0 Å². The second-order valence-corrected chi connectivity index (χ2v) is 6.01. The highest BCUT2D eigenvalue weighted by Crippen LogP contribution is 2.38. The lowest BCUT2D eigenvalue weighted by Gasteiger charge is -2.08. The molecule has 26 heavy (non-hydrogen) atoms. The third-order valence-corrected chi connectivity index (χ3v) is 4.39. The van der Waals surface area contributed by atoms with E-state index in [2.05, 4.69) is 15.3 Å². The van der Waals surface area contributed by atoms with Crippen LogP contribution in [0, 0.1) is 0 Å². The Morgan fingerprint density at radius 1 is 1.04 bits per heavy atom. The van der Waals surface area contributed by atoms with Crippen molar-refractivity contribution in [3.05, 3.63) is 66.6 Å². The maximum Gasteiger partial charge on any atom is 0.128 e. The Hall–Kier alpha value is -3.54. The molecule has 0 aliphatic heterocycles. The molecular weight excluding hydrogens is 328 g/mol. The van der Waals surface area contributed by atoms with Gasteiger partial charge in [0, 0.05) is 35.2 Å². The molecule has 0 fully saturated rings. The van der Waals surface area contributed by atoms with Crippen molar-refractivity contribution in [2.45, 2.75) is 13.3 Å². The fourth-order valence-electron chi connectivity index (χ4n) is 2.99. The number of nitrogens with one attached hydrogen (secondary N) is 1. The first-order valence-electron chi connectivity index (χ1n) is 8.37. The molecule has 4 rings (SSSR count). The van der Waals surface area contributed by atoms with Gasteiger partial charge in [0.25, 0.3) is 0 Å². The number of hydrogen-bond donors (Lipinski definition) is 3. The van der Waals surface area contributed by atoms with E-state index >= 15 is 0 Å². The van der Waals surface area contributed by atoms with Gasteiger partial charge in [0.05, 0.1) is 11.9 Å². The van der Waals surface area contributed by atoms with Crippen molar-refractivity contribution in [2.24, 2.45) is 0 Å². The minimum atomic E-state index is -0.0106. The molecule has 6 nitrogen and oxygen atoms in total. The highest BCUT2D eigenvalue weighted by Gasteiger charge is 2.17. The molecule has 2 heterocycles. The van der Waals surface area contributed by atoms with Crippen molar-refractivity contribution >= 4 is 0 Å². The van der Waals surface area contributed by atoms with Gasteiger partial charge < -0.3 is 10.2 Å². The molecule has 6 heteroatoms. The first-order valence-corrected chi connectivity index (χ1v) is 8.37. The van der Waals surface area contributed by atoms with Crippen molar-refractivity contribution in [1.29, 1.82) is 0 Å². The van der Waals surface area contributed by atoms with Crippen LogP contribution in [0.25, 0.3) is 28.1 Å². The summed E-state index contributed by atoms with van der Waals surface area (Å²) in [6, 6.07) is 13.0. The number of H-pyrrole nitrogens is 1. The number of phenols is 2. The van der Waals surface area contributed by atoms with E-state index in [1.54, 1.807) is 23.1 Å². The van der Waals surface area contributed by atoms with Gasteiger partial charge in [-0.1, -0.05) is 25.1 Å². The van der Waals surface area contributed by atoms with Gasteiger partial charge in [-0.2, -0.15) is 10.2 Å². The monoisotopic (exact) mass is 346 g/mol. The summed E-state index contributed by atoms with van der Waals surface area (Å²) in [5.41, 5.74) is 4.61. The zero-order chi connectivity index (χ0) is 18.1. The lowest BCUT2D eigenvalue weighted by molar-refractivity contribution is 0.447. The number of phenolic OH excluding ortho intramolecular Hbond substituents is 2. The maximum absolute atomic E-state index is 10.3. The standard InChI is InChI=1S/C20H18N4O2/c1-2-13-8-16(19(26)9-18(13)25)20-17(11-21-23-20)14-10-22-24(12-14)15-6-4-3-5-7-15/h3-12,25-26H,2H2,1H3,(H,21,23). The van der Waals surface area contributed by atoms with E-state index in [0.29, 0.717) is 17.7 Å². The second-order valence-electron chi connectivity index (χ2n) is 6.01. The van der Waals surface area contributed by atoms with Crippen LogP contribution in [0.15, 0.2) is 61.1 Å². The molecule has 4 aromatic rings. The van der Waals surface area contributed by atoms with Gasteiger partial charge in [0.15, 0.2) is 0 Å². The van der Waals surface area contributed by atoms with Crippen molar-refractivity contribution in [2.75, 3.05) is 0 Å². The van der Waals surface area contributed by atoms with Crippen molar-refractivity contribution in [3.63, 3.8) is 0 Å². The quantitative estimate of drug-likeness (QED) is 0.523. The molecule has 0 aliphatic rings.